The molecule has 0 unspecified atom stereocenters. The van der Waals surface area contributed by atoms with Crippen LogP contribution in [0, 0.1) is 11.8 Å². The molecule has 20 heavy (non-hydrogen) atoms. The molecule has 0 aliphatic heterocycles. The van der Waals surface area contributed by atoms with E-state index in [9.17, 15) is 4.79 Å². The van der Waals surface area contributed by atoms with Gasteiger partial charge in [-0.1, -0.05) is 42.2 Å². The molecule has 0 aliphatic rings. The van der Waals surface area contributed by atoms with Crippen molar-refractivity contribution in [2.24, 2.45) is 0 Å². The van der Waals surface area contributed by atoms with Crippen molar-refractivity contribution < 1.29 is 9.53 Å². The van der Waals surface area contributed by atoms with E-state index in [0.717, 1.165) is 16.9 Å². The van der Waals surface area contributed by atoms with Crippen molar-refractivity contribution in [2.75, 3.05) is 6.61 Å². The molecule has 0 radical (unpaired) electrons. The minimum absolute atomic E-state index is 0.160. The van der Waals surface area contributed by atoms with Gasteiger partial charge in [-0.3, -0.25) is 4.79 Å². The molecule has 0 amide bonds. The molecule has 0 bridgehead atoms. The van der Waals surface area contributed by atoms with E-state index >= 15 is 0 Å². The highest BCUT2D eigenvalue weighted by molar-refractivity contribution is 5.78. The summed E-state index contributed by atoms with van der Waals surface area (Å²) in [5.41, 5.74) is 1.98. The van der Waals surface area contributed by atoms with Crippen LogP contribution < -0.4 is 4.74 Å². The monoisotopic (exact) mass is 264 g/mol. The molecule has 100 valence electrons. The van der Waals surface area contributed by atoms with E-state index in [2.05, 4.69) is 11.8 Å². The van der Waals surface area contributed by atoms with Gasteiger partial charge in [-0.05, 0) is 36.8 Å². The van der Waals surface area contributed by atoms with Gasteiger partial charge in [-0.15, -0.1) is 0 Å². The molecule has 0 atom stereocenters. The Morgan fingerprint density at radius 2 is 1.75 bits per heavy atom. The van der Waals surface area contributed by atoms with Crippen LogP contribution in [0.5, 0.6) is 5.75 Å². The minimum Gasteiger partial charge on any atom is -0.481 e. The molecular weight excluding hydrogens is 248 g/mol. The number of hydrogen-bond donors (Lipinski definition) is 0. The van der Waals surface area contributed by atoms with Gasteiger partial charge in [0.2, 0.25) is 0 Å². The third kappa shape index (κ3) is 4.62. The number of carbonyl (C=O) groups excluding carboxylic acids is 1. The lowest BCUT2D eigenvalue weighted by atomic mass is 10.1. The molecule has 2 nitrogen and oxygen atoms in total. The summed E-state index contributed by atoms with van der Waals surface area (Å²) in [7, 11) is 0. The number of benzene rings is 2. The van der Waals surface area contributed by atoms with Gasteiger partial charge < -0.3 is 4.74 Å². The second kappa shape index (κ2) is 7.16. The van der Waals surface area contributed by atoms with Crippen molar-refractivity contribution in [3.05, 3.63) is 65.7 Å². The van der Waals surface area contributed by atoms with Gasteiger partial charge in [0.05, 0.1) is 0 Å². The Labute approximate surface area is 119 Å². The van der Waals surface area contributed by atoms with E-state index in [1.165, 1.54) is 0 Å². The highest BCUT2D eigenvalue weighted by atomic mass is 16.5. The summed E-state index contributed by atoms with van der Waals surface area (Å²) in [6.45, 7) is 1.94. The van der Waals surface area contributed by atoms with Crippen LogP contribution in [0.2, 0.25) is 0 Å². The van der Waals surface area contributed by atoms with E-state index < -0.39 is 0 Å². The van der Waals surface area contributed by atoms with Crippen LogP contribution in [-0.2, 0) is 11.2 Å². The summed E-state index contributed by atoms with van der Waals surface area (Å²) in [4.78, 5) is 11.0. The number of rotatable bonds is 4. The molecule has 0 aromatic heterocycles. The second-order valence-electron chi connectivity index (χ2n) is 4.48. The van der Waals surface area contributed by atoms with Crippen LogP contribution in [0.3, 0.4) is 0 Å². The van der Waals surface area contributed by atoms with Crippen molar-refractivity contribution in [3.63, 3.8) is 0 Å². The van der Waals surface area contributed by atoms with Crippen LogP contribution in [0.15, 0.2) is 54.6 Å². The number of ketones is 1. The van der Waals surface area contributed by atoms with Crippen LogP contribution >= 0.6 is 0 Å². The first-order valence-corrected chi connectivity index (χ1v) is 6.49. The Bertz CT molecular complexity index is 616. The lowest BCUT2D eigenvalue weighted by Gasteiger charge is -2.03. The Kier molecular flexibility index (Phi) is 4.97. The topological polar surface area (TPSA) is 26.3 Å². The fourth-order valence-corrected chi connectivity index (χ4v) is 1.77. The molecule has 2 aromatic carbocycles. The average Bonchev–Trinajstić information content (AvgIpc) is 2.46. The third-order valence-electron chi connectivity index (χ3n) is 2.69. The summed E-state index contributed by atoms with van der Waals surface area (Å²) in [6.07, 6.45) is 0.466. The van der Waals surface area contributed by atoms with Crippen LogP contribution in [0.25, 0.3) is 0 Å². The predicted molar refractivity (Wildman–Crippen MR) is 79.6 cm³/mol. The highest BCUT2D eigenvalue weighted by Gasteiger charge is 1.98. The van der Waals surface area contributed by atoms with Gasteiger partial charge >= 0.3 is 0 Å². The maximum atomic E-state index is 11.0. The molecule has 2 heteroatoms. The van der Waals surface area contributed by atoms with Gasteiger partial charge in [0.25, 0.3) is 0 Å². The Morgan fingerprint density at radius 3 is 2.40 bits per heavy atom. The van der Waals surface area contributed by atoms with Crippen molar-refractivity contribution in [3.8, 4) is 17.6 Å². The molecule has 0 fully saturated rings. The molecule has 0 saturated heterocycles. The zero-order chi connectivity index (χ0) is 14.2. The first kappa shape index (κ1) is 13.9. The number of carbonyl (C=O) groups is 1. The molecule has 0 heterocycles. The fourth-order valence-electron chi connectivity index (χ4n) is 1.77. The van der Waals surface area contributed by atoms with Gasteiger partial charge in [0.1, 0.15) is 18.1 Å². The third-order valence-corrected chi connectivity index (χ3v) is 2.69. The van der Waals surface area contributed by atoms with E-state index in [4.69, 9.17) is 4.74 Å². The van der Waals surface area contributed by atoms with E-state index in [0.29, 0.717) is 13.0 Å². The first-order chi connectivity index (χ1) is 9.74. The lowest BCUT2D eigenvalue weighted by Crippen LogP contribution is -1.97. The minimum atomic E-state index is 0.160. The maximum Gasteiger partial charge on any atom is 0.149 e. The molecule has 0 saturated carbocycles. The second-order valence-corrected chi connectivity index (χ2v) is 4.48. The van der Waals surface area contributed by atoms with Crippen molar-refractivity contribution in [2.45, 2.75) is 13.3 Å². The largest absolute Gasteiger partial charge is 0.481 e. The Hall–Kier alpha value is -2.53. The summed E-state index contributed by atoms with van der Waals surface area (Å²) >= 11 is 0. The van der Waals surface area contributed by atoms with E-state index in [1.54, 1.807) is 6.92 Å². The van der Waals surface area contributed by atoms with Crippen LogP contribution in [0.1, 0.15) is 18.1 Å². The van der Waals surface area contributed by atoms with Crippen molar-refractivity contribution in [1.29, 1.82) is 0 Å². The molecule has 2 rings (SSSR count). The van der Waals surface area contributed by atoms with Gasteiger partial charge in [-0.2, -0.15) is 0 Å². The highest BCUT2D eigenvalue weighted by Crippen LogP contribution is 2.12. The number of hydrogen-bond acceptors (Lipinski definition) is 2. The summed E-state index contributed by atoms with van der Waals surface area (Å²) in [5.74, 6) is 6.93. The molecule has 0 spiro atoms. The van der Waals surface area contributed by atoms with Crippen LogP contribution in [-0.4, -0.2) is 12.4 Å². The fraction of sp³-hybridized carbons (Fsp3) is 0.167. The van der Waals surface area contributed by atoms with Gasteiger partial charge in [0.15, 0.2) is 0 Å². The molecular formula is C18H16O2. The number of Topliss-reactive ketones (excluding diaryl/α,β-unsaturated/α-hetero) is 1. The first-order valence-electron chi connectivity index (χ1n) is 6.49. The smallest absolute Gasteiger partial charge is 0.149 e. The summed E-state index contributed by atoms with van der Waals surface area (Å²) in [6, 6.07) is 17.3. The molecule has 0 N–H and O–H groups in total. The Morgan fingerprint density at radius 1 is 1.05 bits per heavy atom. The average molecular weight is 264 g/mol. The van der Waals surface area contributed by atoms with Crippen molar-refractivity contribution >= 4 is 5.78 Å². The molecule has 2 aromatic rings. The normalized spacial score (nSPS) is 9.45. The predicted octanol–water partition coefficient (Wildman–Crippen LogP) is 3.25. The Balaban J connectivity index is 1.86. The van der Waals surface area contributed by atoms with Crippen molar-refractivity contribution in [1.82, 2.24) is 0 Å². The van der Waals surface area contributed by atoms with Gasteiger partial charge in [0, 0.05) is 12.0 Å². The van der Waals surface area contributed by atoms with Crippen LogP contribution in [0.4, 0.5) is 0 Å². The number of ether oxygens (including phenoxy) is 1. The quantitative estimate of drug-likeness (QED) is 0.792. The summed E-state index contributed by atoms with van der Waals surface area (Å²) < 4.78 is 5.53. The SMILES string of the molecule is CC(=O)Cc1ccc(OCC#Cc2ccccc2)cc1. The zero-order valence-corrected chi connectivity index (χ0v) is 11.4. The zero-order valence-electron chi connectivity index (χ0n) is 11.4. The maximum absolute atomic E-state index is 11.0. The molecule has 0 aliphatic carbocycles. The van der Waals surface area contributed by atoms with E-state index in [1.807, 2.05) is 54.6 Å². The van der Waals surface area contributed by atoms with E-state index in [-0.39, 0.29) is 5.78 Å². The summed E-state index contributed by atoms with van der Waals surface area (Å²) in [5, 5.41) is 0. The lowest BCUT2D eigenvalue weighted by molar-refractivity contribution is -0.116. The van der Waals surface area contributed by atoms with Gasteiger partial charge in [-0.25, -0.2) is 0 Å². The standard InChI is InChI=1S/C18H16O2/c1-15(19)14-17-9-11-18(12-10-17)20-13-5-8-16-6-3-2-4-7-16/h2-4,6-7,9-12H,13-14H2,1H3.